The first-order valence-electron chi connectivity index (χ1n) is 13.0. The van der Waals surface area contributed by atoms with E-state index >= 15 is 0 Å². The van der Waals surface area contributed by atoms with Crippen molar-refractivity contribution < 1.29 is 28.5 Å². The van der Waals surface area contributed by atoms with E-state index in [4.69, 9.17) is 16.0 Å². The second-order valence-corrected chi connectivity index (χ2v) is 10.6. The van der Waals surface area contributed by atoms with Crippen LogP contribution in [0.2, 0.25) is 5.02 Å². The Balaban J connectivity index is 1.53. The molecule has 2 atom stereocenters. The van der Waals surface area contributed by atoms with E-state index in [1.165, 1.54) is 54.2 Å². The van der Waals surface area contributed by atoms with Gasteiger partial charge in [0, 0.05) is 42.9 Å². The number of carbonyl (C=O) groups excluding carboxylic acids is 4. The van der Waals surface area contributed by atoms with E-state index in [0.717, 1.165) is 0 Å². The van der Waals surface area contributed by atoms with E-state index in [2.05, 4.69) is 0 Å². The molecule has 0 N–H and O–H groups in total. The van der Waals surface area contributed by atoms with Crippen LogP contribution in [-0.4, -0.2) is 42.4 Å². The number of fused-ring (bicyclic) bond motifs is 2. The number of nitro benzene ring substituents is 1. The number of Topliss-reactive ketones (excluding diaryl/α,β-unsaturated/α-hetero) is 2. The van der Waals surface area contributed by atoms with Gasteiger partial charge in [-0.25, -0.2) is 0 Å². The van der Waals surface area contributed by atoms with Crippen molar-refractivity contribution in [1.82, 2.24) is 0 Å². The lowest BCUT2D eigenvalue weighted by Crippen LogP contribution is -2.52. The maximum atomic E-state index is 14.0. The molecule has 1 aromatic heterocycles. The van der Waals surface area contributed by atoms with Gasteiger partial charge >= 0.3 is 0 Å². The van der Waals surface area contributed by atoms with Gasteiger partial charge in [-0.1, -0.05) is 35.9 Å². The summed E-state index contributed by atoms with van der Waals surface area (Å²) in [5, 5.41) is 11.2. The van der Waals surface area contributed by atoms with Gasteiger partial charge < -0.3 is 14.2 Å². The highest BCUT2D eigenvalue weighted by Gasteiger charge is 2.53. The van der Waals surface area contributed by atoms with Gasteiger partial charge in [-0.2, -0.15) is 0 Å². The largest absolute Gasteiger partial charge is 0.461 e. The van der Waals surface area contributed by atoms with Crippen LogP contribution in [0.5, 0.6) is 0 Å². The van der Waals surface area contributed by atoms with Crippen molar-refractivity contribution in [2.45, 2.75) is 5.92 Å². The zero-order valence-electron chi connectivity index (χ0n) is 22.3. The molecule has 42 heavy (non-hydrogen) atoms. The molecule has 2 aliphatic rings. The highest BCUT2D eigenvalue weighted by molar-refractivity contribution is 6.33. The molecule has 0 aliphatic carbocycles. The minimum Gasteiger partial charge on any atom is -0.461 e. The number of non-ortho nitro benzene ring substituents is 1. The van der Waals surface area contributed by atoms with Crippen molar-refractivity contribution in [2.75, 3.05) is 23.9 Å². The van der Waals surface area contributed by atoms with Gasteiger partial charge in [0.25, 0.3) is 5.69 Å². The first-order valence-corrected chi connectivity index (χ1v) is 13.3. The van der Waals surface area contributed by atoms with Crippen LogP contribution in [0.15, 0.2) is 83.3 Å². The lowest BCUT2D eigenvalue weighted by Gasteiger charge is -2.39. The van der Waals surface area contributed by atoms with Crippen LogP contribution >= 0.6 is 11.6 Å². The fourth-order valence-electron chi connectivity index (χ4n) is 5.81. The Labute approximate surface area is 244 Å². The minimum absolute atomic E-state index is 0.0404. The van der Waals surface area contributed by atoms with Crippen LogP contribution in [0.1, 0.15) is 32.4 Å². The van der Waals surface area contributed by atoms with E-state index in [9.17, 15) is 29.3 Å². The average molecular weight is 584 g/mol. The second kappa shape index (κ2) is 10.1. The van der Waals surface area contributed by atoms with Crippen molar-refractivity contribution in [3.8, 4) is 11.3 Å². The van der Waals surface area contributed by atoms with Crippen LogP contribution in [0.4, 0.5) is 17.1 Å². The number of furan rings is 1. The number of amides is 2. The van der Waals surface area contributed by atoms with E-state index in [1.807, 2.05) is 0 Å². The Hall–Kier alpha value is -5.09. The van der Waals surface area contributed by atoms with Crippen LogP contribution < -0.4 is 9.80 Å². The molecule has 0 spiro atoms. The Kier molecular flexibility index (Phi) is 6.50. The lowest BCUT2D eigenvalue weighted by molar-refractivity contribution is -0.384. The summed E-state index contributed by atoms with van der Waals surface area (Å²) in [5.41, 5.74) is 1.51. The summed E-state index contributed by atoms with van der Waals surface area (Å²) in [7, 11) is 3.07. The van der Waals surface area contributed by atoms with E-state index in [-0.39, 0.29) is 33.4 Å². The number of hydrogen-bond donors (Lipinski definition) is 0. The first-order chi connectivity index (χ1) is 20.1. The maximum Gasteiger partial charge on any atom is 0.270 e. The predicted molar refractivity (Wildman–Crippen MR) is 154 cm³/mol. The third kappa shape index (κ3) is 4.10. The molecule has 2 aliphatic heterocycles. The Bertz CT molecular complexity index is 1750. The maximum absolute atomic E-state index is 14.0. The van der Waals surface area contributed by atoms with Crippen molar-refractivity contribution >= 4 is 52.0 Å². The SMILES string of the molecule is CN1C(=O)[C@@H](C(c2ccc(-c3ccc([N+](=O)[O-])cc3Cl)o2)[C@H]2C(=O)c3ccccc3N(C)C2=O)C(=O)c2ccccc21. The molecule has 0 saturated carbocycles. The Morgan fingerprint density at radius 1 is 0.762 bits per heavy atom. The third-order valence-electron chi connectivity index (χ3n) is 7.92. The number of ketones is 2. The van der Waals surface area contributed by atoms with E-state index in [0.29, 0.717) is 16.9 Å². The van der Waals surface area contributed by atoms with Gasteiger partial charge in [-0.15, -0.1) is 0 Å². The number of para-hydroxylation sites is 2. The smallest absolute Gasteiger partial charge is 0.270 e. The standard InChI is InChI=1S/C31H22ClN3O7/c1-33-21-9-5-3-7-18(21)28(36)26(30(33)38)25(27-29(37)19-8-4-6-10-22(19)34(2)31(27)39)24-14-13-23(42-24)17-12-11-16(35(40)41)15-20(17)32/h3-15,25-27H,1-2H3/t26-,27-/m0/s1. The average Bonchev–Trinajstić information content (AvgIpc) is 3.47. The summed E-state index contributed by atoms with van der Waals surface area (Å²) in [6.45, 7) is 0. The molecule has 0 saturated heterocycles. The molecule has 4 aromatic rings. The van der Waals surface area contributed by atoms with Gasteiger partial charge in [-0.3, -0.25) is 29.3 Å². The number of anilines is 2. The van der Waals surface area contributed by atoms with Gasteiger partial charge in [0.1, 0.15) is 23.4 Å². The predicted octanol–water partition coefficient (Wildman–Crippen LogP) is 5.54. The number of halogens is 1. The number of benzene rings is 3. The second-order valence-electron chi connectivity index (χ2n) is 10.2. The summed E-state index contributed by atoms with van der Waals surface area (Å²) in [5.74, 6) is -6.21. The van der Waals surface area contributed by atoms with Crippen molar-refractivity contribution in [3.05, 3.63) is 111 Å². The number of rotatable bonds is 5. The van der Waals surface area contributed by atoms with Gasteiger partial charge in [0.05, 0.1) is 27.2 Å². The van der Waals surface area contributed by atoms with Crippen LogP contribution in [0.25, 0.3) is 11.3 Å². The van der Waals surface area contributed by atoms with Gasteiger partial charge in [-0.05, 0) is 42.5 Å². The highest BCUT2D eigenvalue weighted by atomic mass is 35.5. The topological polar surface area (TPSA) is 131 Å². The molecular weight excluding hydrogens is 562 g/mol. The molecule has 3 heterocycles. The van der Waals surface area contributed by atoms with Gasteiger partial charge in [0.2, 0.25) is 11.8 Å². The third-order valence-corrected chi connectivity index (χ3v) is 8.24. The molecule has 11 heteroatoms. The summed E-state index contributed by atoms with van der Waals surface area (Å²) in [6, 6.07) is 20.2. The number of nitrogens with zero attached hydrogens (tertiary/aromatic N) is 3. The summed E-state index contributed by atoms with van der Waals surface area (Å²) < 4.78 is 6.16. The fraction of sp³-hybridized carbons (Fsp3) is 0.161. The van der Waals surface area contributed by atoms with Crippen molar-refractivity contribution in [3.63, 3.8) is 0 Å². The van der Waals surface area contributed by atoms with Gasteiger partial charge in [0.15, 0.2) is 11.6 Å². The van der Waals surface area contributed by atoms with Crippen LogP contribution in [-0.2, 0) is 9.59 Å². The molecule has 6 rings (SSSR count). The highest BCUT2D eigenvalue weighted by Crippen LogP contribution is 2.46. The summed E-state index contributed by atoms with van der Waals surface area (Å²) in [4.78, 5) is 69.0. The molecule has 0 bridgehead atoms. The normalized spacial score (nSPS) is 18.4. The minimum atomic E-state index is -1.45. The first kappa shape index (κ1) is 27.1. The van der Waals surface area contributed by atoms with Crippen molar-refractivity contribution in [1.29, 1.82) is 0 Å². The molecule has 2 amide bonds. The number of hydrogen-bond acceptors (Lipinski definition) is 7. The quantitative estimate of drug-likeness (QED) is 0.171. The Morgan fingerprint density at radius 2 is 1.29 bits per heavy atom. The Morgan fingerprint density at radius 3 is 1.79 bits per heavy atom. The van der Waals surface area contributed by atoms with E-state index < -0.39 is 46.1 Å². The summed E-state index contributed by atoms with van der Waals surface area (Å²) >= 11 is 6.34. The molecule has 0 radical (unpaired) electrons. The lowest BCUT2D eigenvalue weighted by atomic mass is 9.70. The van der Waals surface area contributed by atoms with Crippen LogP contribution in [0, 0.1) is 22.0 Å². The molecule has 210 valence electrons. The van der Waals surface area contributed by atoms with E-state index in [1.54, 1.807) is 48.5 Å². The number of carbonyl (C=O) groups is 4. The zero-order valence-corrected chi connectivity index (χ0v) is 23.1. The molecule has 0 unspecified atom stereocenters. The molecule has 3 aromatic carbocycles. The fourth-order valence-corrected chi connectivity index (χ4v) is 6.08. The van der Waals surface area contributed by atoms with Crippen LogP contribution in [0.3, 0.4) is 0 Å². The molecule has 10 nitrogen and oxygen atoms in total. The zero-order chi connectivity index (χ0) is 29.9. The molecule has 0 fully saturated rings. The number of nitro groups is 1. The monoisotopic (exact) mass is 583 g/mol. The molecular formula is C31H22ClN3O7. The van der Waals surface area contributed by atoms with Crippen molar-refractivity contribution in [2.24, 2.45) is 11.8 Å². The summed E-state index contributed by atoms with van der Waals surface area (Å²) in [6.07, 6.45) is 0.